The zero-order valence-electron chi connectivity index (χ0n) is 34.6. The number of carbonyl (C=O) groups is 5. The molecule has 2 aromatic heterocycles. The van der Waals surface area contributed by atoms with Gasteiger partial charge in [0.15, 0.2) is 0 Å². The second-order valence-corrected chi connectivity index (χ2v) is 17.4. The Balaban J connectivity index is 0.787. The first-order valence-corrected chi connectivity index (χ1v) is 21.0. The quantitative estimate of drug-likeness (QED) is 0.122. The van der Waals surface area contributed by atoms with E-state index in [1.165, 1.54) is 6.07 Å². The van der Waals surface area contributed by atoms with E-state index in [1.807, 2.05) is 10.9 Å². The molecule has 4 N–H and O–H groups in total. The van der Waals surface area contributed by atoms with Crippen LogP contribution in [0.4, 0.5) is 24.5 Å². The smallest absolute Gasteiger partial charge is 0.386 e. The molecule has 8 rings (SSSR count). The molecule has 15 nitrogen and oxygen atoms in total. The van der Waals surface area contributed by atoms with Crippen molar-refractivity contribution >= 4 is 51.8 Å². The highest BCUT2D eigenvalue weighted by atomic mass is 19.4. The summed E-state index contributed by atoms with van der Waals surface area (Å²) in [7, 11) is 2.09. The number of fused-ring (bicyclic) bond motifs is 2. The molecule has 0 spiro atoms. The normalized spacial score (nSPS) is 23.1. The van der Waals surface area contributed by atoms with E-state index in [4.69, 9.17) is 9.84 Å². The Hall–Kier alpha value is -5.72. The number of alkyl halides is 3. The second kappa shape index (κ2) is 16.9. The zero-order chi connectivity index (χ0) is 44.1. The minimum atomic E-state index is -4.70. The van der Waals surface area contributed by atoms with Gasteiger partial charge in [0, 0.05) is 54.1 Å². The topological polar surface area (TPSA) is 188 Å². The minimum absolute atomic E-state index is 0.0569. The Labute approximate surface area is 355 Å². The molecule has 2 aromatic carbocycles. The van der Waals surface area contributed by atoms with Gasteiger partial charge in [0.25, 0.3) is 17.7 Å². The molecule has 4 heterocycles. The molecule has 62 heavy (non-hydrogen) atoms. The average molecular weight is 859 g/mol. The summed E-state index contributed by atoms with van der Waals surface area (Å²) >= 11 is 0. The van der Waals surface area contributed by atoms with Crippen LogP contribution in [0.25, 0.3) is 10.9 Å². The summed E-state index contributed by atoms with van der Waals surface area (Å²) in [6.45, 7) is 5.38. The molecule has 4 aliphatic rings. The van der Waals surface area contributed by atoms with Gasteiger partial charge in [-0.3, -0.25) is 38.9 Å². The third kappa shape index (κ3) is 8.94. The van der Waals surface area contributed by atoms with Crippen LogP contribution in [0.3, 0.4) is 0 Å². The number of nitrogens with zero attached hydrogens (tertiary/aromatic N) is 5. The highest BCUT2D eigenvalue weighted by Gasteiger charge is 2.46. The molecule has 2 aliphatic heterocycles. The molecular weight excluding hydrogens is 810 g/mol. The summed E-state index contributed by atoms with van der Waals surface area (Å²) in [5.41, 5.74) is -0.682. The van der Waals surface area contributed by atoms with Crippen LogP contribution in [0, 0.1) is 5.92 Å². The minimum Gasteiger partial charge on any atom is -0.386 e. The Morgan fingerprint density at radius 1 is 0.984 bits per heavy atom. The molecule has 3 fully saturated rings. The van der Waals surface area contributed by atoms with E-state index in [9.17, 15) is 42.3 Å². The number of imide groups is 2. The van der Waals surface area contributed by atoms with Crippen LogP contribution in [0.2, 0.25) is 0 Å². The molecular formula is C44H49F3N8O7. The molecule has 1 atom stereocenters. The molecule has 5 amide bonds. The van der Waals surface area contributed by atoms with Crippen LogP contribution in [-0.4, -0.2) is 104 Å². The van der Waals surface area contributed by atoms with Crippen LogP contribution in [0.1, 0.15) is 114 Å². The van der Waals surface area contributed by atoms with Crippen molar-refractivity contribution in [1.82, 2.24) is 29.9 Å². The first-order chi connectivity index (χ1) is 29.4. The van der Waals surface area contributed by atoms with Gasteiger partial charge in [-0.1, -0.05) is 12.1 Å². The van der Waals surface area contributed by atoms with E-state index in [0.29, 0.717) is 34.7 Å². The summed E-state index contributed by atoms with van der Waals surface area (Å²) in [5.74, 6) is -2.47. The van der Waals surface area contributed by atoms with Crippen molar-refractivity contribution in [2.24, 2.45) is 5.92 Å². The number of halogens is 3. The van der Waals surface area contributed by atoms with Gasteiger partial charge < -0.3 is 25.4 Å². The molecule has 0 radical (unpaired) electrons. The third-order valence-corrected chi connectivity index (χ3v) is 12.4. The van der Waals surface area contributed by atoms with Gasteiger partial charge in [0.1, 0.15) is 17.4 Å². The standard InChI is InChI=1S/C44H49F3N8O7/c1-43(2,61)30-21-33-25(18-34(30)50-39(57)32-8-5-9-36(49-32)44(45,46)47)23-54(52-33)27-12-10-24(11-13-27)22-53(3)16-17-62-28-19-26(20-28)48-31-7-4-6-29-38(31)42(60)55(41(29)59)35-14-15-37(56)51-40(35)58/h4-9,18,21,23-24,26-28,35,48,61H,10-17,19-20,22H2,1-3H3,(H,50,57)(H,51,56,58)/t24-,26-,27-,28-,35?. The second-order valence-electron chi connectivity index (χ2n) is 17.4. The SMILES string of the molecule is CN(CCO[C@H]1C[C@H](Nc2cccc3c2C(=O)N(C2CCC(=O)NC2=O)C3=O)C1)C[C@H]1CC[C@H](n2cc3cc(NC(=O)c4cccc(C(F)(F)F)n4)c(C(C)(C)O)cc3n2)CC1. The van der Waals surface area contributed by atoms with Gasteiger partial charge in [-0.2, -0.15) is 18.3 Å². The number of pyridine rings is 1. The van der Waals surface area contributed by atoms with Crippen molar-refractivity contribution in [3.63, 3.8) is 0 Å². The molecule has 4 aromatic rings. The number of hydrogen-bond acceptors (Lipinski definition) is 11. The third-order valence-electron chi connectivity index (χ3n) is 12.4. The van der Waals surface area contributed by atoms with Gasteiger partial charge in [-0.25, -0.2) is 4.98 Å². The number of amides is 5. The first-order valence-electron chi connectivity index (χ1n) is 21.0. The fraction of sp³-hybridized carbons (Fsp3) is 0.477. The zero-order valence-corrected chi connectivity index (χ0v) is 34.6. The number of benzene rings is 2. The Bertz CT molecular complexity index is 2420. The number of carbonyl (C=O) groups excluding carboxylic acids is 5. The lowest BCUT2D eigenvalue weighted by Gasteiger charge is -2.37. The number of anilines is 2. The fourth-order valence-corrected chi connectivity index (χ4v) is 8.97. The Morgan fingerprint density at radius 2 is 1.73 bits per heavy atom. The van der Waals surface area contributed by atoms with Crippen molar-refractivity contribution < 1.29 is 47.0 Å². The monoisotopic (exact) mass is 858 g/mol. The molecule has 328 valence electrons. The summed E-state index contributed by atoms with van der Waals surface area (Å²) in [5, 5.41) is 24.8. The number of nitrogens with one attached hydrogen (secondary N) is 3. The lowest BCUT2D eigenvalue weighted by atomic mass is 9.86. The maximum Gasteiger partial charge on any atom is 0.433 e. The van der Waals surface area contributed by atoms with Crippen LogP contribution in [0.15, 0.2) is 54.7 Å². The Morgan fingerprint density at radius 3 is 2.44 bits per heavy atom. The van der Waals surface area contributed by atoms with E-state index < -0.39 is 58.7 Å². The van der Waals surface area contributed by atoms with Crippen LogP contribution >= 0.6 is 0 Å². The summed E-state index contributed by atoms with van der Waals surface area (Å²) in [6.07, 6.45) is 2.75. The van der Waals surface area contributed by atoms with Gasteiger partial charge in [-0.15, -0.1) is 0 Å². The lowest BCUT2D eigenvalue weighted by Crippen LogP contribution is -2.54. The molecule has 1 saturated heterocycles. The van der Waals surface area contributed by atoms with Gasteiger partial charge in [0.05, 0.1) is 41.0 Å². The number of aliphatic hydroxyl groups is 1. The number of piperidine rings is 1. The highest BCUT2D eigenvalue weighted by molar-refractivity contribution is 6.25. The summed E-state index contributed by atoms with van der Waals surface area (Å²) < 4.78 is 47.9. The van der Waals surface area contributed by atoms with Crippen molar-refractivity contribution in [3.05, 3.63) is 82.8 Å². The maximum absolute atomic E-state index is 13.4. The molecule has 2 saturated carbocycles. The molecule has 18 heteroatoms. The number of aromatic nitrogens is 3. The number of rotatable bonds is 13. The van der Waals surface area contributed by atoms with E-state index in [0.717, 1.165) is 68.6 Å². The van der Waals surface area contributed by atoms with E-state index in [1.54, 1.807) is 44.2 Å². The van der Waals surface area contributed by atoms with Crippen LogP contribution < -0.4 is 16.0 Å². The van der Waals surface area contributed by atoms with Crippen LogP contribution in [-0.2, 0) is 26.1 Å². The van der Waals surface area contributed by atoms with Gasteiger partial charge in [0.2, 0.25) is 11.8 Å². The number of hydrogen-bond donors (Lipinski definition) is 4. The van der Waals surface area contributed by atoms with Crippen molar-refractivity contribution in [2.45, 2.75) is 101 Å². The van der Waals surface area contributed by atoms with E-state index >= 15 is 0 Å². The molecule has 0 bridgehead atoms. The van der Waals surface area contributed by atoms with Crippen molar-refractivity contribution in [2.75, 3.05) is 37.4 Å². The molecule has 2 aliphatic carbocycles. The molecule has 1 unspecified atom stereocenters. The largest absolute Gasteiger partial charge is 0.433 e. The Kier molecular flexibility index (Phi) is 11.7. The number of ether oxygens (including phenoxy) is 1. The first kappa shape index (κ1) is 42.9. The predicted molar refractivity (Wildman–Crippen MR) is 220 cm³/mol. The summed E-state index contributed by atoms with van der Waals surface area (Å²) in [4.78, 5) is 70.5. The fourth-order valence-electron chi connectivity index (χ4n) is 8.97. The van der Waals surface area contributed by atoms with Gasteiger partial charge >= 0.3 is 6.18 Å². The number of likely N-dealkylation sites (N-methyl/N-ethyl adjacent to an activating group) is 1. The average Bonchev–Trinajstić information content (AvgIpc) is 3.73. The summed E-state index contributed by atoms with van der Waals surface area (Å²) in [6, 6.07) is 10.8. The van der Waals surface area contributed by atoms with E-state index in [2.05, 4.69) is 32.9 Å². The highest BCUT2D eigenvalue weighted by Crippen LogP contribution is 2.38. The van der Waals surface area contributed by atoms with Gasteiger partial charge in [-0.05, 0) is 108 Å². The lowest BCUT2D eigenvalue weighted by molar-refractivity contribution is -0.141. The maximum atomic E-state index is 13.4. The van der Waals surface area contributed by atoms with Crippen molar-refractivity contribution in [3.8, 4) is 0 Å². The predicted octanol–water partition coefficient (Wildman–Crippen LogP) is 5.65. The van der Waals surface area contributed by atoms with Crippen LogP contribution in [0.5, 0.6) is 0 Å². The van der Waals surface area contributed by atoms with Crippen molar-refractivity contribution in [1.29, 1.82) is 0 Å². The van der Waals surface area contributed by atoms with E-state index in [-0.39, 0.29) is 47.8 Å².